The van der Waals surface area contributed by atoms with E-state index in [1.54, 1.807) is 11.4 Å². The van der Waals surface area contributed by atoms with Crippen molar-refractivity contribution in [3.8, 4) is 0 Å². The highest BCUT2D eigenvalue weighted by atomic mass is 32.2. The average Bonchev–Trinajstić information content (AvgIpc) is 2.74. The maximum absolute atomic E-state index is 12.4. The molecule has 0 unspecified atom stereocenters. The van der Waals surface area contributed by atoms with E-state index in [0.29, 0.717) is 11.4 Å². The van der Waals surface area contributed by atoms with Crippen LogP contribution in [-0.4, -0.2) is 42.5 Å². The summed E-state index contributed by atoms with van der Waals surface area (Å²) in [7, 11) is -2.35. The zero-order valence-corrected chi connectivity index (χ0v) is 17.1. The van der Waals surface area contributed by atoms with Gasteiger partial charge in [-0.2, -0.15) is 18.2 Å². The van der Waals surface area contributed by atoms with Crippen molar-refractivity contribution in [1.29, 1.82) is 0 Å². The van der Waals surface area contributed by atoms with Crippen molar-refractivity contribution in [2.45, 2.75) is 11.1 Å². The number of hydrogen-bond donors (Lipinski definition) is 4. The number of aromatic nitrogens is 3. The SMILES string of the molecule is CNS(=O)(=O)c1cccc(Nc2ncnc(Nc3cccc(NC(=O)C(F)(F)F)c3)n2)c1. The van der Waals surface area contributed by atoms with Crippen molar-refractivity contribution in [1.82, 2.24) is 19.7 Å². The molecule has 0 atom stereocenters. The molecule has 0 fully saturated rings. The summed E-state index contributed by atoms with van der Waals surface area (Å²) in [6.07, 6.45) is -3.83. The average molecular weight is 467 g/mol. The first-order chi connectivity index (χ1) is 15.1. The van der Waals surface area contributed by atoms with Gasteiger partial charge in [0.25, 0.3) is 0 Å². The van der Waals surface area contributed by atoms with Crippen LogP contribution in [0.4, 0.5) is 42.1 Å². The highest BCUT2D eigenvalue weighted by Crippen LogP contribution is 2.22. The maximum atomic E-state index is 12.4. The number of nitrogens with zero attached hydrogens (tertiary/aromatic N) is 3. The van der Waals surface area contributed by atoms with E-state index in [0.717, 1.165) is 0 Å². The molecular weight excluding hydrogens is 451 g/mol. The molecule has 1 amide bonds. The first kappa shape index (κ1) is 22.9. The van der Waals surface area contributed by atoms with E-state index in [-0.39, 0.29) is 22.5 Å². The van der Waals surface area contributed by atoms with Gasteiger partial charge < -0.3 is 16.0 Å². The Labute approximate surface area is 180 Å². The molecule has 0 saturated heterocycles. The molecule has 0 radical (unpaired) electrons. The Morgan fingerprint density at radius 3 is 2.06 bits per heavy atom. The minimum absolute atomic E-state index is 0.0372. The molecule has 0 aliphatic rings. The molecule has 0 saturated carbocycles. The van der Waals surface area contributed by atoms with E-state index < -0.39 is 22.1 Å². The summed E-state index contributed by atoms with van der Waals surface area (Å²) in [6.45, 7) is 0. The number of halogens is 3. The quantitative estimate of drug-likeness (QED) is 0.416. The van der Waals surface area contributed by atoms with Gasteiger partial charge in [0.2, 0.25) is 21.9 Å². The third kappa shape index (κ3) is 5.89. The lowest BCUT2D eigenvalue weighted by Crippen LogP contribution is -2.29. The first-order valence-electron chi connectivity index (χ1n) is 8.82. The van der Waals surface area contributed by atoms with Crippen LogP contribution in [0.25, 0.3) is 0 Å². The van der Waals surface area contributed by atoms with E-state index in [2.05, 4.69) is 30.3 Å². The van der Waals surface area contributed by atoms with E-state index in [1.807, 2.05) is 0 Å². The second-order valence-corrected chi connectivity index (χ2v) is 8.04. The summed E-state index contributed by atoms with van der Waals surface area (Å²) in [5.74, 6) is -1.95. The maximum Gasteiger partial charge on any atom is 0.471 e. The van der Waals surface area contributed by atoms with E-state index in [4.69, 9.17) is 0 Å². The number of rotatable bonds is 7. The van der Waals surface area contributed by atoms with Crippen molar-refractivity contribution in [2.24, 2.45) is 0 Å². The summed E-state index contributed by atoms with van der Waals surface area (Å²) in [5, 5.41) is 7.38. The van der Waals surface area contributed by atoms with Crippen molar-refractivity contribution in [2.75, 3.05) is 23.0 Å². The Hall–Kier alpha value is -3.78. The van der Waals surface area contributed by atoms with Crippen molar-refractivity contribution < 1.29 is 26.4 Å². The van der Waals surface area contributed by atoms with Crippen LogP contribution in [0.1, 0.15) is 0 Å². The Morgan fingerprint density at radius 2 is 1.47 bits per heavy atom. The fourth-order valence-electron chi connectivity index (χ4n) is 2.41. The van der Waals surface area contributed by atoms with E-state index in [9.17, 15) is 26.4 Å². The molecule has 3 rings (SSSR count). The van der Waals surface area contributed by atoms with Gasteiger partial charge in [-0.3, -0.25) is 4.79 Å². The number of benzene rings is 2. The third-order valence-electron chi connectivity index (χ3n) is 3.88. The molecule has 4 N–H and O–H groups in total. The van der Waals surface area contributed by atoms with E-state index in [1.165, 1.54) is 55.8 Å². The lowest BCUT2D eigenvalue weighted by atomic mass is 10.2. The van der Waals surface area contributed by atoms with Crippen LogP contribution in [0.2, 0.25) is 0 Å². The molecule has 14 heteroatoms. The molecule has 1 aromatic heterocycles. The number of hydrogen-bond acceptors (Lipinski definition) is 8. The zero-order chi connectivity index (χ0) is 23.4. The van der Waals surface area contributed by atoms with Gasteiger partial charge in [-0.15, -0.1) is 0 Å². The molecule has 2 aromatic carbocycles. The lowest BCUT2D eigenvalue weighted by molar-refractivity contribution is -0.167. The van der Waals surface area contributed by atoms with Gasteiger partial charge in [-0.25, -0.2) is 23.1 Å². The molecule has 0 bridgehead atoms. The lowest BCUT2D eigenvalue weighted by Gasteiger charge is -2.11. The summed E-state index contributed by atoms with van der Waals surface area (Å²) >= 11 is 0. The number of alkyl halides is 3. The number of nitrogens with one attached hydrogen (secondary N) is 4. The molecule has 1 heterocycles. The van der Waals surface area contributed by atoms with Crippen LogP contribution in [-0.2, 0) is 14.8 Å². The van der Waals surface area contributed by atoms with Crippen molar-refractivity contribution in [3.05, 3.63) is 54.9 Å². The Kier molecular flexibility index (Phi) is 6.55. The Balaban J connectivity index is 1.75. The topological polar surface area (TPSA) is 138 Å². The van der Waals surface area contributed by atoms with Crippen LogP contribution in [0.15, 0.2) is 59.8 Å². The second-order valence-electron chi connectivity index (χ2n) is 6.15. The van der Waals surface area contributed by atoms with Gasteiger partial charge in [0, 0.05) is 17.1 Å². The molecule has 32 heavy (non-hydrogen) atoms. The number of amides is 1. The predicted molar refractivity (Wildman–Crippen MR) is 110 cm³/mol. The molecule has 0 aliphatic carbocycles. The number of carbonyl (C=O) groups is 1. The van der Waals surface area contributed by atoms with Gasteiger partial charge in [0.1, 0.15) is 6.33 Å². The highest BCUT2D eigenvalue weighted by Gasteiger charge is 2.38. The fraction of sp³-hybridized carbons (Fsp3) is 0.111. The van der Waals surface area contributed by atoms with Gasteiger partial charge in [-0.05, 0) is 43.4 Å². The van der Waals surface area contributed by atoms with Crippen molar-refractivity contribution in [3.63, 3.8) is 0 Å². The molecule has 0 aliphatic heterocycles. The van der Waals surface area contributed by atoms with Gasteiger partial charge in [0.05, 0.1) is 4.90 Å². The standard InChI is InChI=1S/C18H16F3N7O3S/c1-22-32(30,31)14-7-3-6-13(9-14)27-17-24-10-23-16(28-17)26-12-5-2-4-11(8-12)25-15(29)18(19,20)21/h2-10,22H,1H3,(H,25,29)(H2,23,24,26,27,28). The number of anilines is 5. The van der Waals surface area contributed by atoms with Crippen molar-refractivity contribution >= 4 is 44.9 Å². The number of sulfonamides is 1. The van der Waals surface area contributed by atoms with E-state index >= 15 is 0 Å². The highest BCUT2D eigenvalue weighted by molar-refractivity contribution is 7.89. The summed E-state index contributed by atoms with van der Waals surface area (Å²) < 4.78 is 63.3. The van der Waals surface area contributed by atoms with Gasteiger partial charge >= 0.3 is 12.1 Å². The minimum Gasteiger partial charge on any atom is -0.324 e. The van der Waals surface area contributed by atoms with Crippen LogP contribution >= 0.6 is 0 Å². The normalized spacial score (nSPS) is 11.6. The van der Waals surface area contributed by atoms with Gasteiger partial charge in [-0.1, -0.05) is 12.1 Å². The van der Waals surface area contributed by atoms with Crippen LogP contribution in [0.3, 0.4) is 0 Å². The third-order valence-corrected chi connectivity index (χ3v) is 5.29. The smallest absolute Gasteiger partial charge is 0.324 e. The predicted octanol–water partition coefficient (Wildman–Crippen LogP) is 2.77. The largest absolute Gasteiger partial charge is 0.471 e. The summed E-state index contributed by atoms with van der Waals surface area (Å²) in [6, 6.07) is 11.5. The Bertz CT molecular complexity index is 1240. The van der Waals surface area contributed by atoms with Crippen LogP contribution in [0.5, 0.6) is 0 Å². The van der Waals surface area contributed by atoms with Crippen LogP contribution in [0, 0.1) is 0 Å². The Morgan fingerprint density at radius 1 is 0.906 bits per heavy atom. The molecule has 168 valence electrons. The second kappa shape index (κ2) is 9.15. The first-order valence-corrected chi connectivity index (χ1v) is 10.3. The monoisotopic (exact) mass is 467 g/mol. The zero-order valence-electron chi connectivity index (χ0n) is 16.3. The molecule has 3 aromatic rings. The van der Waals surface area contributed by atoms with Crippen LogP contribution < -0.4 is 20.7 Å². The summed E-state index contributed by atoms with van der Waals surface area (Å²) in [5.41, 5.74) is 0.631. The molecule has 10 nitrogen and oxygen atoms in total. The molecular formula is C18H16F3N7O3S. The van der Waals surface area contributed by atoms with Gasteiger partial charge in [0.15, 0.2) is 0 Å². The number of carbonyl (C=O) groups excluding carboxylic acids is 1. The molecule has 0 spiro atoms. The summed E-state index contributed by atoms with van der Waals surface area (Å²) in [4.78, 5) is 23.1. The minimum atomic E-state index is -5.01. The fourth-order valence-corrected chi connectivity index (χ4v) is 3.19.